The van der Waals surface area contributed by atoms with Crippen LogP contribution in [0.3, 0.4) is 0 Å². The van der Waals surface area contributed by atoms with Gasteiger partial charge in [-0.05, 0) is 92.4 Å². The molecular formula is C37H40ClFN6O5S2. The Bertz CT molecular complexity index is 2270. The third kappa shape index (κ3) is 8.15. The highest BCUT2D eigenvalue weighted by Gasteiger charge is 2.35. The molecule has 0 saturated carbocycles. The summed E-state index contributed by atoms with van der Waals surface area (Å²) in [6.07, 6.45) is 0.594. The number of fused-ring (bicyclic) bond motifs is 2. The van der Waals surface area contributed by atoms with Crippen molar-refractivity contribution >= 4 is 48.6 Å². The third-order valence-electron chi connectivity index (χ3n) is 8.41. The fourth-order valence-electron chi connectivity index (χ4n) is 6.67. The van der Waals surface area contributed by atoms with Crippen molar-refractivity contribution in [3.63, 3.8) is 0 Å². The molecule has 6 rings (SSSR count). The Labute approximate surface area is 309 Å². The molecule has 52 heavy (non-hydrogen) atoms. The largest absolute Gasteiger partial charge is 0.454 e. The van der Waals surface area contributed by atoms with E-state index in [1.807, 2.05) is 54.6 Å². The summed E-state index contributed by atoms with van der Waals surface area (Å²) in [4.78, 5) is 18.1. The van der Waals surface area contributed by atoms with Gasteiger partial charge in [0.05, 0.1) is 20.9 Å². The fourth-order valence-corrected chi connectivity index (χ4v) is 12.1. The standard InChI is InChI=1S/C37H40ClFN6O5S2/c1-36(2,3)25-37(4,5)41-51(29-15-11-27(39)12-16-29,42-52(48,49)30-17-13-28(14-18-30)45(46)47)44-22-20-43(21-23-44)35-31-24-26(38)10-19-33(31)50-34-9-7-6-8-32(34)40-35/h6-19,24H,20-23,25H2,1-5H3. The number of rotatable bonds is 7. The van der Waals surface area contributed by atoms with Gasteiger partial charge in [-0.3, -0.25) is 10.1 Å². The molecule has 15 heteroatoms. The summed E-state index contributed by atoms with van der Waals surface area (Å²) in [6.45, 7) is 11.6. The van der Waals surface area contributed by atoms with Gasteiger partial charge in [-0.15, -0.1) is 3.77 Å². The fraction of sp³-hybridized carbons (Fsp3) is 0.324. The lowest BCUT2D eigenvalue weighted by atomic mass is 9.82. The van der Waals surface area contributed by atoms with Gasteiger partial charge in [0, 0.05) is 58.0 Å². The lowest BCUT2D eigenvalue weighted by molar-refractivity contribution is -0.384. The summed E-state index contributed by atoms with van der Waals surface area (Å²) >= 11 is 6.48. The highest BCUT2D eigenvalue weighted by molar-refractivity contribution is 8.03. The number of halogens is 2. The minimum absolute atomic E-state index is 0.179. The van der Waals surface area contributed by atoms with Crippen LogP contribution >= 0.6 is 11.6 Å². The van der Waals surface area contributed by atoms with Crippen molar-refractivity contribution < 1.29 is 22.5 Å². The number of hydrogen-bond acceptors (Lipinski definition) is 8. The molecule has 0 amide bonds. The number of ether oxygens (including phenoxy) is 1. The Morgan fingerprint density at radius 2 is 1.52 bits per heavy atom. The predicted octanol–water partition coefficient (Wildman–Crippen LogP) is 9.29. The number of nitrogens with zero attached hydrogens (tertiary/aromatic N) is 6. The van der Waals surface area contributed by atoms with Gasteiger partial charge in [-0.25, -0.2) is 18.1 Å². The molecular weight excluding hydrogens is 727 g/mol. The minimum Gasteiger partial charge on any atom is -0.454 e. The first-order chi connectivity index (χ1) is 24.4. The molecule has 11 nitrogen and oxygen atoms in total. The van der Waals surface area contributed by atoms with Crippen LogP contribution in [0.25, 0.3) is 0 Å². The smallest absolute Gasteiger partial charge is 0.290 e. The second kappa shape index (κ2) is 14.2. The summed E-state index contributed by atoms with van der Waals surface area (Å²) in [7, 11) is -7.61. The number of non-ortho nitro benzene ring substituents is 1. The van der Waals surface area contributed by atoms with Crippen LogP contribution in [-0.2, 0) is 19.8 Å². The lowest BCUT2D eigenvalue weighted by Gasteiger charge is -2.41. The van der Waals surface area contributed by atoms with E-state index in [1.54, 1.807) is 18.2 Å². The molecule has 274 valence electrons. The number of para-hydroxylation sites is 2. The van der Waals surface area contributed by atoms with Crippen LogP contribution in [0.5, 0.6) is 11.5 Å². The van der Waals surface area contributed by atoms with Crippen LogP contribution in [0.4, 0.5) is 15.8 Å². The van der Waals surface area contributed by atoms with E-state index in [4.69, 9.17) is 25.7 Å². The van der Waals surface area contributed by atoms with Crippen LogP contribution in [-0.4, -0.2) is 60.1 Å². The maximum Gasteiger partial charge on any atom is 0.290 e. The van der Waals surface area contributed by atoms with Gasteiger partial charge >= 0.3 is 0 Å². The summed E-state index contributed by atoms with van der Waals surface area (Å²) in [5.41, 5.74) is 0.162. The summed E-state index contributed by atoms with van der Waals surface area (Å²) in [5, 5.41) is 11.9. The quantitative estimate of drug-likeness (QED) is 0.135. The Morgan fingerprint density at radius 1 is 0.885 bits per heavy atom. The summed E-state index contributed by atoms with van der Waals surface area (Å²) < 4.78 is 61.3. The van der Waals surface area contributed by atoms with E-state index in [1.165, 1.54) is 24.3 Å². The summed E-state index contributed by atoms with van der Waals surface area (Å²) in [5.74, 6) is 1.38. The van der Waals surface area contributed by atoms with E-state index in [-0.39, 0.29) is 16.0 Å². The average molecular weight is 767 g/mol. The van der Waals surface area contributed by atoms with Gasteiger partial charge in [0.15, 0.2) is 5.75 Å². The number of nitro groups is 1. The SMILES string of the molecule is CC(C)(C)CC(C)(C)N=S(=NS(=O)(=O)c1ccc([N+](=O)[O-])cc1)(c1ccc(F)cc1)N1CCN(C2=Nc3ccccc3Oc3ccc(Cl)cc32)CC1. The number of benzene rings is 4. The van der Waals surface area contributed by atoms with Gasteiger partial charge in [0.1, 0.15) is 23.1 Å². The zero-order valence-electron chi connectivity index (χ0n) is 29.5. The zero-order valence-corrected chi connectivity index (χ0v) is 31.9. The Balaban J connectivity index is 1.51. The highest BCUT2D eigenvalue weighted by atomic mass is 35.5. The van der Waals surface area contributed by atoms with E-state index in [2.05, 4.69) is 29.4 Å². The molecule has 1 fully saturated rings. The van der Waals surface area contributed by atoms with Gasteiger partial charge in [-0.2, -0.15) is 8.42 Å². The molecule has 2 aliphatic rings. The Hall–Kier alpha value is -4.37. The molecule has 0 radical (unpaired) electrons. The number of hydrogen-bond donors (Lipinski definition) is 0. The number of sulfonamides is 1. The topological polar surface area (TPSA) is 130 Å². The maximum absolute atomic E-state index is 14.5. The lowest BCUT2D eigenvalue weighted by Crippen LogP contribution is -2.51. The molecule has 4 aromatic carbocycles. The van der Waals surface area contributed by atoms with Crippen molar-refractivity contribution in [2.45, 2.75) is 56.4 Å². The molecule has 1 unspecified atom stereocenters. The molecule has 0 bridgehead atoms. The average Bonchev–Trinajstić information content (AvgIpc) is 3.23. The van der Waals surface area contributed by atoms with E-state index in [0.29, 0.717) is 65.5 Å². The number of amidine groups is 1. The molecule has 4 aromatic rings. The summed E-state index contributed by atoms with van der Waals surface area (Å²) in [6, 6.07) is 23.2. The van der Waals surface area contributed by atoms with Crippen molar-refractivity contribution in [1.29, 1.82) is 0 Å². The predicted molar refractivity (Wildman–Crippen MR) is 203 cm³/mol. The second-order valence-corrected chi connectivity index (χ2v) is 19.1. The van der Waals surface area contributed by atoms with E-state index >= 15 is 0 Å². The number of aliphatic imine (C=N–C) groups is 1. The van der Waals surface area contributed by atoms with Crippen molar-refractivity contribution in [3.8, 4) is 11.5 Å². The molecule has 0 aliphatic carbocycles. The van der Waals surface area contributed by atoms with Crippen LogP contribution < -0.4 is 4.74 Å². The van der Waals surface area contributed by atoms with Crippen molar-refractivity contribution in [3.05, 3.63) is 118 Å². The van der Waals surface area contributed by atoms with Crippen LogP contribution in [0.1, 0.15) is 46.6 Å². The van der Waals surface area contributed by atoms with Crippen molar-refractivity contribution in [2.24, 2.45) is 18.5 Å². The van der Waals surface area contributed by atoms with Crippen molar-refractivity contribution in [2.75, 3.05) is 26.2 Å². The first-order valence-electron chi connectivity index (χ1n) is 16.7. The molecule has 0 aromatic heterocycles. The Kier molecular flexibility index (Phi) is 10.2. The number of piperazine rings is 1. The molecule has 2 aliphatic heterocycles. The minimum atomic E-state index is -4.46. The van der Waals surface area contributed by atoms with Crippen LogP contribution in [0.2, 0.25) is 5.02 Å². The monoisotopic (exact) mass is 766 g/mol. The zero-order chi connectivity index (χ0) is 37.5. The van der Waals surface area contributed by atoms with E-state index in [9.17, 15) is 22.9 Å². The van der Waals surface area contributed by atoms with Gasteiger partial charge in [0.2, 0.25) is 0 Å². The third-order valence-corrected chi connectivity index (χ3v) is 13.9. The van der Waals surface area contributed by atoms with Gasteiger partial charge < -0.3 is 9.64 Å². The van der Waals surface area contributed by atoms with Gasteiger partial charge in [-0.1, -0.05) is 44.5 Å². The van der Waals surface area contributed by atoms with E-state index in [0.717, 1.165) is 17.7 Å². The molecule has 1 saturated heterocycles. The normalized spacial score (nSPS) is 16.4. The maximum atomic E-state index is 14.5. The molecule has 2 heterocycles. The second-order valence-electron chi connectivity index (χ2n) is 14.5. The van der Waals surface area contributed by atoms with Crippen LogP contribution in [0, 0.1) is 21.3 Å². The van der Waals surface area contributed by atoms with Crippen molar-refractivity contribution in [1.82, 2.24) is 9.21 Å². The first kappa shape index (κ1) is 37.4. The molecule has 0 spiro atoms. The molecule has 1 atom stereocenters. The first-order valence-corrected chi connectivity index (χ1v) is 20.0. The Morgan fingerprint density at radius 3 is 2.15 bits per heavy atom. The molecule has 0 N–H and O–H groups in total. The highest BCUT2D eigenvalue weighted by Crippen LogP contribution is 2.40. The number of nitro benzene ring substituents is 1. The van der Waals surface area contributed by atoms with E-state index < -0.39 is 36.1 Å². The van der Waals surface area contributed by atoms with Gasteiger partial charge in [0.25, 0.3) is 15.7 Å². The van der Waals surface area contributed by atoms with Crippen LogP contribution in [0.15, 0.2) is 114 Å².